The number of carbonyl (C=O) groups is 1. The molecule has 4 aromatic rings. The molecule has 2 atom stereocenters. The third-order valence-electron chi connectivity index (χ3n) is 6.52. The summed E-state index contributed by atoms with van der Waals surface area (Å²) in [6.45, 7) is 0. The molecule has 6 rings (SSSR count). The second kappa shape index (κ2) is 9.04. The minimum absolute atomic E-state index is 0.186. The maximum atomic E-state index is 14.7. The molecule has 2 heterocycles. The van der Waals surface area contributed by atoms with Gasteiger partial charge in [0.25, 0.3) is 5.91 Å². The number of anilines is 2. The van der Waals surface area contributed by atoms with Crippen molar-refractivity contribution in [3.63, 3.8) is 0 Å². The number of rotatable bonds is 4. The molecule has 0 unspecified atom stereocenters. The Kier molecular flexibility index (Phi) is 5.70. The van der Waals surface area contributed by atoms with Crippen LogP contribution in [0.15, 0.2) is 125 Å². The number of nitrogens with zero attached hydrogens (tertiary/aromatic N) is 4. The zero-order valence-corrected chi connectivity index (χ0v) is 21.3. The van der Waals surface area contributed by atoms with E-state index in [0.29, 0.717) is 21.0 Å². The monoisotopic (exact) mass is 554 g/mol. The van der Waals surface area contributed by atoms with Gasteiger partial charge in [-0.2, -0.15) is 15.2 Å². The summed E-state index contributed by atoms with van der Waals surface area (Å²) >= 11 is 9.97. The molecule has 0 radical (unpaired) electrons. The fraction of sp³-hybridized carbons (Fsp3) is 0.0690. The molecule has 36 heavy (non-hydrogen) atoms. The van der Waals surface area contributed by atoms with Crippen molar-refractivity contribution < 1.29 is 4.79 Å². The SMILES string of the molecule is O=C1N(c2ccccc2)N=C(c2ccccc2)[C@]12[C@H](c1ccc(Cl)cc1)C(Br)=NN2c1ccccc1. The van der Waals surface area contributed by atoms with Crippen molar-refractivity contribution in [2.24, 2.45) is 10.2 Å². The predicted octanol–water partition coefficient (Wildman–Crippen LogP) is 6.84. The number of halogens is 2. The van der Waals surface area contributed by atoms with Gasteiger partial charge in [0.15, 0.2) is 0 Å². The quantitative estimate of drug-likeness (QED) is 0.277. The molecule has 0 saturated heterocycles. The Hall–Kier alpha value is -3.74. The van der Waals surface area contributed by atoms with E-state index in [-0.39, 0.29) is 5.91 Å². The molecule has 1 amide bonds. The number of hydrazone groups is 2. The minimum atomic E-state index is -1.27. The molecule has 2 aliphatic heterocycles. The topological polar surface area (TPSA) is 48.3 Å². The van der Waals surface area contributed by atoms with Crippen molar-refractivity contribution in [1.29, 1.82) is 0 Å². The van der Waals surface area contributed by atoms with E-state index in [1.165, 1.54) is 5.01 Å². The van der Waals surface area contributed by atoms with Crippen LogP contribution in [-0.2, 0) is 4.79 Å². The molecule has 0 bridgehead atoms. The molecule has 0 aliphatic carbocycles. The van der Waals surface area contributed by atoms with Crippen LogP contribution in [0.3, 0.4) is 0 Å². The molecule has 2 aliphatic rings. The Bertz CT molecular complexity index is 1480. The lowest BCUT2D eigenvalue weighted by atomic mass is 9.74. The predicted molar refractivity (Wildman–Crippen MR) is 149 cm³/mol. The third-order valence-corrected chi connectivity index (χ3v) is 7.39. The molecular weight excluding hydrogens is 536 g/mol. The highest BCUT2D eigenvalue weighted by atomic mass is 79.9. The number of hydrogen-bond donors (Lipinski definition) is 0. The second-order valence-electron chi connectivity index (χ2n) is 8.59. The minimum Gasteiger partial charge on any atom is -0.269 e. The van der Waals surface area contributed by atoms with Crippen LogP contribution in [0.1, 0.15) is 17.0 Å². The molecule has 0 saturated carbocycles. The maximum absolute atomic E-state index is 14.7. The number of amides is 1. The van der Waals surface area contributed by atoms with Crippen molar-refractivity contribution >= 4 is 55.1 Å². The van der Waals surface area contributed by atoms with Gasteiger partial charge in [-0.1, -0.05) is 90.5 Å². The van der Waals surface area contributed by atoms with Crippen LogP contribution in [0, 0.1) is 0 Å². The first-order valence-corrected chi connectivity index (χ1v) is 12.7. The van der Waals surface area contributed by atoms with E-state index in [2.05, 4.69) is 15.9 Å². The normalized spacial score (nSPS) is 21.2. The van der Waals surface area contributed by atoms with Gasteiger partial charge in [-0.05, 0) is 57.9 Å². The number of para-hydroxylation sites is 2. The molecule has 176 valence electrons. The van der Waals surface area contributed by atoms with Crippen LogP contribution in [-0.4, -0.2) is 21.8 Å². The van der Waals surface area contributed by atoms with Crippen LogP contribution in [0.5, 0.6) is 0 Å². The van der Waals surface area contributed by atoms with Crippen molar-refractivity contribution in [2.75, 3.05) is 10.0 Å². The van der Waals surface area contributed by atoms with E-state index in [4.69, 9.17) is 21.8 Å². The van der Waals surface area contributed by atoms with Gasteiger partial charge in [-0.25, -0.2) is 5.01 Å². The third kappa shape index (κ3) is 3.48. The Balaban J connectivity index is 1.65. The summed E-state index contributed by atoms with van der Waals surface area (Å²) in [6.07, 6.45) is 0. The zero-order valence-electron chi connectivity index (χ0n) is 19.0. The fourth-order valence-corrected chi connectivity index (χ4v) is 5.83. The number of hydrogen-bond acceptors (Lipinski definition) is 4. The van der Waals surface area contributed by atoms with E-state index in [1.54, 1.807) is 0 Å². The van der Waals surface area contributed by atoms with Gasteiger partial charge in [-0.15, -0.1) is 0 Å². The second-order valence-corrected chi connectivity index (χ2v) is 9.84. The Morgan fingerprint density at radius 3 is 1.89 bits per heavy atom. The molecule has 0 fully saturated rings. The van der Waals surface area contributed by atoms with Crippen LogP contribution >= 0.6 is 27.5 Å². The Morgan fingerprint density at radius 1 is 0.722 bits per heavy atom. The van der Waals surface area contributed by atoms with Crippen LogP contribution in [0.25, 0.3) is 0 Å². The number of benzene rings is 4. The Labute approximate surface area is 222 Å². The Morgan fingerprint density at radius 2 is 1.28 bits per heavy atom. The van der Waals surface area contributed by atoms with Crippen LogP contribution in [0.2, 0.25) is 5.02 Å². The molecule has 1 spiro atoms. The summed E-state index contributed by atoms with van der Waals surface area (Å²) in [7, 11) is 0. The van der Waals surface area contributed by atoms with Crippen molar-refractivity contribution in [3.8, 4) is 0 Å². The molecule has 0 N–H and O–H groups in total. The first-order chi connectivity index (χ1) is 17.6. The van der Waals surface area contributed by atoms with Gasteiger partial charge in [0.1, 0.15) is 10.3 Å². The van der Waals surface area contributed by atoms with Crippen molar-refractivity contribution in [1.82, 2.24) is 0 Å². The molecule has 7 heteroatoms. The fourth-order valence-electron chi connectivity index (χ4n) is 4.94. The molecule has 5 nitrogen and oxygen atoms in total. The van der Waals surface area contributed by atoms with Gasteiger partial charge < -0.3 is 0 Å². The first kappa shape index (κ1) is 22.7. The van der Waals surface area contributed by atoms with Crippen LogP contribution in [0.4, 0.5) is 11.4 Å². The van der Waals surface area contributed by atoms with Gasteiger partial charge in [0.05, 0.1) is 17.3 Å². The average Bonchev–Trinajstić information content (AvgIpc) is 3.40. The van der Waals surface area contributed by atoms with E-state index in [9.17, 15) is 4.79 Å². The highest BCUT2D eigenvalue weighted by molar-refractivity contribution is 9.18. The molecule has 0 aromatic heterocycles. The van der Waals surface area contributed by atoms with Crippen molar-refractivity contribution in [3.05, 3.63) is 131 Å². The number of carbonyl (C=O) groups excluding carboxylic acids is 1. The van der Waals surface area contributed by atoms with E-state index in [1.807, 2.05) is 120 Å². The average molecular weight is 556 g/mol. The summed E-state index contributed by atoms with van der Waals surface area (Å²) in [6, 6.07) is 36.6. The maximum Gasteiger partial charge on any atom is 0.282 e. The van der Waals surface area contributed by atoms with E-state index >= 15 is 0 Å². The van der Waals surface area contributed by atoms with Gasteiger partial charge in [0.2, 0.25) is 5.54 Å². The summed E-state index contributed by atoms with van der Waals surface area (Å²) in [5, 5.41) is 13.9. The lowest BCUT2D eigenvalue weighted by Crippen LogP contribution is -2.60. The highest BCUT2D eigenvalue weighted by Crippen LogP contribution is 2.50. The first-order valence-electron chi connectivity index (χ1n) is 11.5. The highest BCUT2D eigenvalue weighted by Gasteiger charge is 2.65. The summed E-state index contributed by atoms with van der Waals surface area (Å²) < 4.78 is 0.639. The van der Waals surface area contributed by atoms with Gasteiger partial charge in [-0.3, -0.25) is 4.79 Å². The molecular formula is C29H20BrClN4O. The van der Waals surface area contributed by atoms with E-state index in [0.717, 1.165) is 16.8 Å². The zero-order chi connectivity index (χ0) is 24.7. The van der Waals surface area contributed by atoms with Gasteiger partial charge >= 0.3 is 0 Å². The summed E-state index contributed by atoms with van der Waals surface area (Å²) in [4.78, 5) is 14.7. The lowest BCUT2D eigenvalue weighted by molar-refractivity contribution is -0.120. The van der Waals surface area contributed by atoms with Gasteiger partial charge in [0, 0.05) is 10.6 Å². The molecule has 4 aromatic carbocycles. The summed E-state index contributed by atoms with van der Waals surface area (Å²) in [5.74, 6) is -0.648. The standard InChI is InChI=1S/C29H20BrClN4O/c30-27-25(20-16-18-22(31)19-17-20)29(35(33-27)24-14-8-3-9-15-24)26(21-10-4-1-5-11-21)32-34(28(29)36)23-12-6-2-7-13-23/h1-19,25H/t25-,29-/m1/s1. The van der Waals surface area contributed by atoms with E-state index < -0.39 is 11.5 Å². The largest absolute Gasteiger partial charge is 0.282 e. The lowest BCUT2D eigenvalue weighted by Gasteiger charge is -2.38. The smallest absolute Gasteiger partial charge is 0.269 e. The van der Waals surface area contributed by atoms with Crippen molar-refractivity contribution in [2.45, 2.75) is 11.5 Å². The summed E-state index contributed by atoms with van der Waals surface area (Å²) in [5.41, 5.74) is 2.59. The van der Waals surface area contributed by atoms with Crippen LogP contribution < -0.4 is 10.0 Å².